The third-order valence-electron chi connectivity index (χ3n) is 1.98. The molecular weight excluding hydrogens is 298 g/mol. The van der Waals surface area contributed by atoms with Crippen molar-refractivity contribution in [3.05, 3.63) is 29.0 Å². The number of aromatic nitrogens is 3. The summed E-state index contributed by atoms with van der Waals surface area (Å²) in [5.41, 5.74) is 5.61. The predicted octanol–water partition coefficient (Wildman–Crippen LogP) is 2.44. The average Bonchev–Trinajstić information content (AvgIpc) is 2.28. The van der Waals surface area contributed by atoms with Crippen LogP contribution in [0.15, 0.2) is 29.0 Å². The van der Waals surface area contributed by atoms with Gasteiger partial charge in [-0.3, -0.25) is 4.98 Å². The van der Waals surface area contributed by atoms with E-state index >= 15 is 0 Å². The normalized spacial score (nSPS) is 10.1. The lowest BCUT2D eigenvalue weighted by Crippen LogP contribution is -2.04. The molecule has 94 valence electrons. The van der Waals surface area contributed by atoms with Gasteiger partial charge >= 0.3 is 0 Å². The van der Waals surface area contributed by atoms with Gasteiger partial charge in [-0.05, 0) is 28.9 Å². The molecular formula is C11H12BrN5O. The lowest BCUT2D eigenvalue weighted by molar-refractivity contribution is 0.460. The van der Waals surface area contributed by atoms with Crippen molar-refractivity contribution < 1.29 is 4.74 Å². The van der Waals surface area contributed by atoms with Gasteiger partial charge in [0.05, 0.1) is 6.20 Å². The Morgan fingerprint density at radius 3 is 2.89 bits per heavy atom. The maximum Gasteiger partial charge on any atom is 0.226 e. The number of anilines is 2. The number of ether oxygens (including phenoxy) is 1. The van der Waals surface area contributed by atoms with Gasteiger partial charge in [0.15, 0.2) is 0 Å². The fourth-order valence-electron chi connectivity index (χ4n) is 1.34. The number of nitrogens with one attached hydrogen (secondary N) is 1. The summed E-state index contributed by atoms with van der Waals surface area (Å²) in [6, 6.07) is 3.47. The highest BCUT2D eigenvalue weighted by Gasteiger charge is 2.04. The van der Waals surface area contributed by atoms with Crippen molar-refractivity contribution in [3.8, 4) is 11.6 Å². The third-order valence-corrected chi connectivity index (χ3v) is 2.41. The first-order valence-corrected chi connectivity index (χ1v) is 6.13. The Hall–Kier alpha value is -1.89. The summed E-state index contributed by atoms with van der Waals surface area (Å²) in [7, 11) is 0. The van der Waals surface area contributed by atoms with Gasteiger partial charge in [-0.15, -0.1) is 0 Å². The Morgan fingerprint density at radius 2 is 2.17 bits per heavy atom. The van der Waals surface area contributed by atoms with Crippen LogP contribution in [0.3, 0.4) is 0 Å². The number of hydrogen-bond acceptors (Lipinski definition) is 6. The molecule has 0 aromatic carbocycles. The Labute approximate surface area is 113 Å². The van der Waals surface area contributed by atoms with Crippen molar-refractivity contribution >= 4 is 27.7 Å². The quantitative estimate of drug-likeness (QED) is 0.902. The zero-order valence-electron chi connectivity index (χ0n) is 9.72. The van der Waals surface area contributed by atoms with Crippen molar-refractivity contribution in [1.29, 1.82) is 0 Å². The Balaban J connectivity index is 2.23. The second-order valence-corrected chi connectivity index (χ2v) is 4.34. The van der Waals surface area contributed by atoms with Gasteiger partial charge in [0.25, 0.3) is 0 Å². The highest BCUT2D eigenvalue weighted by atomic mass is 79.9. The van der Waals surface area contributed by atoms with E-state index in [1.165, 1.54) is 0 Å². The largest absolute Gasteiger partial charge is 0.437 e. The van der Waals surface area contributed by atoms with Crippen molar-refractivity contribution in [1.82, 2.24) is 15.0 Å². The molecule has 0 fully saturated rings. The molecule has 0 saturated carbocycles. The summed E-state index contributed by atoms with van der Waals surface area (Å²) in [6.45, 7) is 2.71. The molecule has 0 bridgehead atoms. The number of rotatable bonds is 4. The van der Waals surface area contributed by atoms with Crippen LogP contribution in [-0.4, -0.2) is 21.5 Å². The van der Waals surface area contributed by atoms with Crippen molar-refractivity contribution in [3.63, 3.8) is 0 Å². The summed E-state index contributed by atoms with van der Waals surface area (Å²) in [4.78, 5) is 12.0. The van der Waals surface area contributed by atoms with E-state index < -0.39 is 0 Å². The van der Waals surface area contributed by atoms with Crippen LogP contribution in [0.1, 0.15) is 6.92 Å². The zero-order chi connectivity index (χ0) is 13.0. The summed E-state index contributed by atoms with van der Waals surface area (Å²) >= 11 is 3.32. The van der Waals surface area contributed by atoms with E-state index in [0.717, 1.165) is 11.0 Å². The molecule has 0 unspecified atom stereocenters. The summed E-state index contributed by atoms with van der Waals surface area (Å²) in [6.07, 6.45) is 3.27. The molecule has 0 radical (unpaired) electrons. The second kappa shape index (κ2) is 5.63. The molecule has 6 nitrogen and oxygen atoms in total. The maximum atomic E-state index is 5.61. The van der Waals surface area contributed by atoms with Gasteiger partial charge in [-0.2, -0.15) is 9.97 Å². The maximum absolute atomic E-state index is 5.61. The van der Waals surface area contributed by atoms with Crippen LogP contribution in [0, 0.1) is 0 Å². The number of nitrogen functional groups attached to an aromatic ring is 1. The molecule has 18 heavy (non-hydrogen) atoms. The van der Waals surface area contributed by atoms with E-state index in [1.807, 2.05) is 6.92 Å². The monoisotopic (exact) mass is 309 g/mol. The fourth-order valence-corrected chi connectivity index (χ4v) is 1.68. The standard InChI is InChI=1S/C11H12BrN5O/c1-2-15-9-4-10(17-11(13)16-9)18-8-3-7(12)5-14-6-8/h3-6H,2H2,1H3,(H3,13,15,16,17). The Bertz CT molecular complexity index is 549. The highest BCUT2D eigenvalue weighted by molar-refractivity contribution is 9.10. The van der Waals surface area contributed by atoms with Gasteiger partial charge < -0.3 is 15.8 Å². The minimum Gasteiger partial charge on any atom is -0.437 e. The molecule has 2 aromatic heterocycles. The zero-order valence-corrected chi connectivity index (χ0v) is 11.3. The smallest absolute Gasteiger partial charge is 0.226 e. The first-order chi connectivity index (χ1) is 8.67. The van der Waals surface area contributed by atoms with E-state index in [1.54, 1.807) is 24.5 Å². The van der Waals surface area contributed by atoms with E-state index in [9.17, 15) is 0 Å². The third kappa shape index (κ3) is 3.30. The fraction of sp³-hybridized carbons (Fsp3) is 0.182. The van der Waals surface area contributed by atoms with E-state index in [-0.39, 0.29) is 5.95 Å². The van der Waals surface area contributed by atoms with Gasteiger partial charge in [-0.1, -0.05) is 0 Å². The van der Waals surface area contributed by atoms with Crippen LogP contribution in [-0.2, 0) is 0 Å². The van der Waals surface area contributed by atoms with Crippen LogP contribution in [0.25, 0.3) is 0 Å². The van der Waals surface area contributed by atoms with E-state index in [2.05, 4.69) is 36.2 Å². The van der Waals surface area contributed by atoms with Gasteiger partial charge in [-0.25, -0.2) is 0 Å². The summed E-state index contributed by atoms with van der Waals surface area (Å²) in [5.74, 6) is 1.73. The lowest BCUT2D eigenvalue weighted by atomic mass is 10.4. The molecule has 7 heteroatoms. The first kappa shape index (κ1) is 12.6. The molecule has 0 aliphatic rings. The lowest BCUT2D eigenvalue weighted by Gasteiger charge is -2.07. The van der Waals surface area contributed by atoms with E-state index in [4.69, 9.17) is 10.5 Å². The molecule has 2 aromatic rings. The highest BCUT2D eigenvalue weighted by Crippen LogP contribution is 2.23. The second-order valence-electron chi connectivity index (χ2n) is 3.42. The van der Waals surface area contributed by atoms with Gasteiger partial charge in [0.2, 0.25) is 11.8 Å². The summed E-state index contributed by atoms with van der Waals surface area (Å²) < 4.78 is 6.39. The molecule has 0 amide bonds. The number of pyridine rings is 1. The van der Waals surface area contributed by atoms with Crippen LogP contribution in [0.5, 0.6) is 11.6 Å². The predicted molar refractivity (Wildman–Crippen MR) is 72.6 cm³/mol. The van der Waals surface area contributed by atoms with Crippen molar-refractivity contribution in [2.24, 2.45) is 0 Å². The number of nitrogens with two attached hydrogens (primary N) is 1. The van der Waals surface area contributed by atoms with Crippen LogP contribution in [0.4, 0.5) is 11.8 Å². The molecule has 0 aliphatic heterocycles. The summed E-state index contributed by atoms with van der Waals surface area (Å²) in [5, 5.41) is 3.05. The minimum atomic E-state index is 0.159. The van der Waals surface area contributed by atoms with Gasteiger partial charge in [0, 0.05) is 23.3 Å². The molecule has 3 N–H and O–H groups in total. The molecule has 0 aliphatic carbocycles. The average molecular weight is 310 g/mol. The molecule has 2 heterocycles. The Kier molecular flexibility index (Phi) is 3.93. The molecule has 2 rings (SSSR count). The van der Waals surface area contributed by atoms with Crippen LogP contribution in [0.2, 0.25) is 0 Å². The number of hydrogen-bond donors (Lipinski definition) is 2. The topological polar surface area (TPSA) is 86.0 Å². The Morgan fingerprint density at radius 1 is 1.33 bits per heavy atom. The minimum absolute atomic E-state index is 0.159. The van der Waals surface area contributed by atoms with E-state index in [0.29, 0.717) is 17.4 Å². The van der Waals surface area contributed by atoms with Crippen molar-refractivity contribution in [2.45, 2.75) is 6.92 Å². The van der Waals surface area contributed by atoms with Crippen molar-refractivity contribution in [2.75, 3.05) is 17.6 Å². The first-order valence-electron chi connectivity index (χ1n) is 5.34. The SMILES string of the molecule is CCNc1cc(Oc2cncc(Br)c2)nc(N)n1. The molecule has 0 saturated heterocycles. The van der Waals surface area contributed by atoms with Crippen LogP contribution >= 0.6 is 15.9 Å². The van der Waals surface area contributed by atoms with Gasteiger partial charge in [0.1, 0.15) is 11.6 Å². The number of nitrogens with zero attached hydrogens (tertiary/aromatic N) is 3. The van der Waals surface area contributed by atoms with Crippen LogP contribution < -0.4 is 15.8 Å². The number of halogens is 1. The molecule has 0 spiro atoms. The molecule has 0 atom stereocenters.